The van der Waals surface area contributed by atoms with E-state index in [2.05, 4.69) is 10.6 Å². The fourth-order valence-electron chi connectivity index (χ4n) is 2.58. The van der Waals surface area contributed by atoms with Gasteiger partial charge in [0.1, 0.15) is 11.5 Å². The average Bonchev–Trinajstić information content (AvgIpc) is 2.68. The highest BCUT2D eigenvalue weighted by atomic mass is 16.5. The van der Waals surface area contributed by atoms with Crippen molar-refractivity contribution < 1.29 is 14.3 Å². The van der Waals surface area contributed by atoms with Gasteiger partial charge in [0.25, 0.3) is 5.91 Å². The minimum Gasteiger partial charge on any atom is -0.495 e. The van der Waals surface area contributed by atoms with Crippen LogP contribution in [0.5, 0.6) is 11.5 Å². The molecule has 0 aromatic heterocycles. The number of rotatable bonds is 7. The third-order valence-electron chi connectivity index (χ3n) is 3.92. The molecule has 0 aliphatic rings. The fourth-order valence-corrected chi connectivity index (χ4v) is 2.58. The largest absolute Gasteiger partial charge is 0.495 e. The molecular formula is C22H22N2O3. The van der Waals surface area contributed by atoms with Gasteiger partial charge in [-0.2, -0.15) is 0 Å². The van der Waals surface area contributed by atoms with Gasteiger partial charge in [-0.05, 0) is 61.0 Å². The second kappa shape index (κ2) is 8.76. The Morgan fingerprint density at radius 2 is 1.63 bits per heavy atom. The lowest BCUT2D eigenvalue weighted by Gasteiger charge is -2.12. The van der Waals surface area contributed by atoms with Gasteiger partial charge in [0, 0.05) is 11.4 Å². The molecule has 27 heavy (non-hydrogen) atoms. The smallest absolute Gasteiger partial charge is 0.262 e. The summed E-state index contributed by atoms with van der Waals surface area (Å²) in [7, 11) is 1.57. The number of hydrogen-bond donors (Lipinski definition) is 2. The van der Waals surface area contributed by atoms with E-state index in [9.17, 15) is 4.79 Å². The Labute approximate surface area is 158 Å². The van der Waals surface area contributed by atoms with Gasteiger partial charge in [0.15, 0.2) is 6.61 Å². The van der Waals surface area contributed by atoms with E-state index in [4.69, 9.17) is 9.47 Å². The van der Waals surface area contributed by atoms with Crippen molar-refractivity contribution in [1.82, 2.24) is 0 Å². The number of benzene rings is 3. The van der Waals surface area contributed by atoms with Crippen LogP contribution in [-0.2, 0) is 4.79 Å². The van der Waals surface area contributed by atoms with Crippen LogP contribution in [0, 0.1) is 6.92 Å². The summed E-state index contributed by atoms with van der Waals surface area (Å²) in [5.74, 6) is 0.996. The van der Waals surface area contributed by atoms with Crippen LogP contribution < -0.4 is 20.1 Å². The number of aryl methyl sites for hydroxylation is 1. The van der Waals surface area contributed by atoms with Crippen LogP contribution >= 0.6 is 0 Å². The van der Waals surface area contributed by atoms with E-state index in [1.54, 1.807) is 7.11 Å². The van der Waals surface area contributed by atoms with Gasteiger partial charge in [0.05, 0.1) is 12.8 Å². The van der Waals surface area contributed by atoms with Crippen LogP contribution in [0.1, 0.15) is 5.56 Å². The number of nitrogens with one attached hydrogen (secondary N) is 2. The summed E-state index contributed by atoms with van der Waals surface area (Å²) in [5, 5.41) is 6.11. The number of carbonyl (C=O) groups is 1. The quantitative estimate of drug-likeness (QED) is 0.636. The van der Waals surface area contributed by atoms with Crippen molar-refractivity contribution in [3.05, 3.63) is 78.4 Å². The molecule has 0 radical (unpaired) electrons. The van der Waals surface area contributed by atoms with Gasteiger partial charge >= 0.3 is 0 Å². The van der Waals surface area contributed by atoms with E-state index in [0.717, 1.165) is 16.9 Å². The van der Waals surface area contributed by atoms with Gasteiger partial charge < -0.3 is 20.1 Å². The second-order valence-electron chi connectivity index (χ2n) is 6.06. The van der Waals surface area contributed by atoms with E-state index in [-0.39, 0.29) is 12.5 Å². The van der Waals surface area contributed by atoms with Crippen molar-refractivity contribution in [2.75, 3.05) is 24.4 Å². The van der Waals surface area contributed by atoms with E-state index in [1.807, 2.05) is 79.7 Å². The number of amides is 1. The Kier molecular flexibility index (Phi) is 5.94. The molecule has 5 nitrogen and oxygen atoms in total. The summed E-state index contributed by atoms with van der Waals surface area (Å²) in [6, 6.07) is 23.0. The Balaban J connectivity index is 1.54. The molecule has 0 heterocycles. The highest BCUT2D eigenvalue weighted by Gasteiger charge is 2.08. The third-order valence-corrected chi connectivity index (χ3v) is 3.92. The van der Waals surface area contributed by atoms with Crippen LogP contribution in [-0.4, -0.2) is 19.6 Å². The maximum Gasteiger partial charge on any atom is 0.262 e. The lowest BCUT2D eigenvalue weighted by Crippen LogP contribution is -2.20. The molecule has 0 spiro atoms. The number of hydrogen-bond acceptors (Lipinski definition) is 4. The van der Waals surface area contributed by atoms with Crippen LogP contribution in [0.15, 0.2) is 72.8 Å². The van der Waals surface area contributed by atoms with E-state index < -0.39 is 0 Å². The van der Waals surface area contributed by atoms with E-state index >= 15 is 0 Å². The van der Waals surface area contributed by atoms with Crippen LogP contribution in [0.4, 0.5) is 17.1 Å². The van der Waals surface area contributed by atoms with Gasteiger partial charge in [-0.3, -0.25) is 4.79 Å². The van der Waals surface area contributed by atoms with Crippen LogP contribution in [0.25, 0.3) is 0 Å². The van der Waals surface area contributed by atoms with Crippen molar-refractivity contribution in [3.63, 3.8) is 0 Å². The summed E-state index contributed by atoms with van der Waals surface area (Å²) in [6.45, 7) is 1.87. The molecule has 5 heteroatoms. The van der Waals surface area contributed by atoms with E-state index in [1.165, 1.54) is 0 Å². The molecule has 0 aliphatic heterocycles. The van der Waals surface area contributed by atoms with Crippen LogP contribution in [0.3, 0.4) is 0 Å². The first-order chi connectivity index (χ1) is 13.1. The third kappa shape index (κ3) is 5.25. The van der Waals surface area contributed by atoms with Crippen molar-refractivity contribution in [2.45, 2.75) is 6.92 Å². The Bertz CT molecular complexity index is 893. The molecular weight excluding hydrogens is 340 g/mol. The number of methoxy groups -OCH3 is 1. The highest BCUT2D eigenvalue weighted by molar-refractivity contribution is 5.93. The summed E-state index contributed by atoms with van der Waals surface area (Å²) in [5.41, 5.74) is 3.63. The van der Waals surface area contributed by atoms with Crippen molar-refractivity contribution >= 4 is 23.0 Å². The number of ether oxygens (including phenoxy) is 2. The van der Waals surface area contributed by atoms with E-state index in [0.29, 0.717) is 17.2 Å². The minimum atomic E-state index is -0.245. The molecule has 2 N–H and O–H groups in total. The summed E-state index contributed by atoms with van der Waals surface area (Å²) in [6.07, 6.45) is 0. The van der Waals surface area contributed by atoms with Crippen molar-refractivity contribution in [3.8, 4) is 11.5 Å². The number of anilines is 3. The molecule has 0 unspecified atom stereocenters. The summed E-state index contributed by atoms with van der Waals surface area (Å²) in [4.78, 5) is 12.2. The first-order valence-corrected chi connectivity index (χ1v) is 8.63. The molecule has 0 bridgehead atoms. The zero-order valence-corrected chi connectivity index (χ0v) is 15.4. The first-order valence-electron chi connectivity index (χ1n) is 8.63. The lowest BCUT2D eigenvalue weighted by molar-refractivity contribution is -0.118. The summed E-state index contributed by atoms with van der Waals surface area (Å²) < 4.78 is 10.8. The monoisotopic (exact) mass is 362 g/mol. The SMILES string of the molecule is COc1ccc(C)cc1NC(=O)COc1ccc(Nc2ccccc2)cc1. The number of carbonyl (C=O) groups excluding carboxylic acids is 1. The maximum absolute atomic E-state index is 12.2. The molecule has 1 amide bonds. The lowest BCUT2D eigenvalue weighted by atomic mass is 10.2. The fraction of sp³-hybridized carbons (Fsp3) is 0.136. The zero-order chi connectivity index (χ0) is 19.1. The standard InChI is InChI=1S/C22H22N2O3/c1-16-8-13-21(26-2)20(14-16)24-22(25)15-27-19-11-9-18(10-12-19)23-17-6-4-3-5-7-17/h3-14,23H,15H2,1-2H3,(H,24,25). The highest BCUT2D eigenvalue weighted by Crippen LogP contribution is 2.25. The van der Waals surface area contributed by atoms with Crippen LogP contribution in [0.2, 0.25) is 0 Å². The molecule has 0 saturated heterocycles. The molecule has 3 rings (SSSR count). The molecule has 0 fully saturated rings. The Morgan fingerprint density at radius 3 is 2.33 bits per heavy atom. The summed E-state index contributed by atoms with van der Waals surface area (Å²) >= 11 is 0. The Morgan fingerprint density at radius 1 is 0.926 bits per heavy atom. The first kappa shape index (κ1) is 18.3. The van der Waals surface area contributed by atoms with Crippen molar-refractivity contribution in [2.24, 2.45) is 0 Å². The molecule has 138 valence electrons. The average molecular weight is 362 g/mol. The van der Waals surface area contributed by atoms with Gasteiger partial charge in [-0.25, -0.2) is 0 Å². The Hall–Kier alpha value is -3.47. The normalized spacial score (nSPS) is 10.1. The second-order valence-corrected chi connectivity index (χ2v) is 6.06. The topological polar surface area (TPSA) is 59.6 Å². The maximum atomic E-state index is 12.2. The van der Waals surface area contributed by atoms with Gasteiger partial charge in [-0.1, -0.05) is 24.3 Å². The zero-order valence-electron chi connectivity index (χ0n) is 15.4. The van der Waals surface area contributed by atoms with Gasteiger partial charge in [0.2, 0.25) is 0 Å². The molecule has 0 atom stereocenters. The number of para-hydroxylation sites is 1. The van der Waals surface area contributed by atoms with Gasteiger partial charge in [-0.15, -0.1) is 0 Å². The van der Waals surface area contributed by atoms with Crippen molar-refractivity contribution in [1.29, 1.82) is 0 Å². The molecule has 3 aromatic carbocycles. The predicted molar refractivity (Wildman–Crippen MR) is 108 cm³/mol. The minimum absolute atomic E-state index is 0.0808. The molecule has 0 saturated carbocycles. The predicted octanol–water partition coefficient (Wildman–Crippen LogP) is 4.76. The molecule has 0 aliphatic carbocycles. The molecule has 3 aromatic rings.